The summed E-state index contributed by atoms with van der Waals surface area (Å²) in [7, 11) is 0. The molecular weight excluding hydrogens is 394 g/mol. The standard InChI is InChI=1S/C23H33N5O3/c1-6-30-21-26-15(2)19(24)20(27-21)25-13-16-7-9-17(10-8-16)18-11-12-28(14-18)22(29)31-23(3,4)5/h7-10,18H,6,11-14,24H2,1-5H3,(H,25,26,27). The van der Waals surface area contributed by atoms with Crippen LogP contribution in [0.5, 0.6) is 6.01 Å². The largest absolute Gasteiger partial charge is 0.464 e. The van der Waals surface area contributed by atoms with Crippen LogP contribution in [0.4, 0.5) is 16.3 Å². The SMILES string of the molecule is CCOc1nc(C)c(N)c(NCc2ccc(C3CCN(C(=O)OC(C)(C)C)C3)cc2)n1. The Morgan fingerprint density at radius 2 is 1.97 bits per heavy atom. The van der Waals surface area contributed by atoms with Crippen LogP contribution in [0.2, 0.25) is 0 Å². The first-order valence-electron chi connectivity index (χ1n) is 10.7. The van der Waals surface area contributed by atoms with E-state index in [4.69, 9.17) is 15.2 Å². The number of carbonyl (C=O) groups is 1. The first-order chi connectivity index (χ1) is 14.7. The minimum atomic E-state index is -0.473. The Morgan fingerprint density at radius 1 is 1.26 bits per heavy atom. The van der Waals surface area contributed by atoms with Gasteiger partial charge in [-0.15, -0.1) is 0 Å². The van der Waals surface area contributed by atoms with E-state index in [0.717, 1.165) is 18.5 Å². The number of amides is 1. The van der Waals surface area contributed by atoms with E-state index in [2.05, 4.69) is 39.6 Å². The summed E-state index contributed by atoms with van der Waals surface area (Å²) in [5.41, 5.74) is 9.18. The number of nitrogens with one attached hydrogen (secondary N) is 1. The molecule has 0 bridgehead atoms. The molecule has 8 heteroatoms. The zero-order valence-electron chi connectivity index (χ0n) is 19.1. The maximum absolute atomic E-state index is 12.3. The number of rotatable bonds is 6. The smallest absolute Gasteiger partial charge is 0.410 e. The Kier molecular flexibility index (Phi) is 6.87. The van der Waals surface area contributed by atoms with Crippen molar-refractivity contribution in [1.29, 1.82) is 0 Å². The van der Waals surface area contributed by atoms with Gasteiger partial charge in [-0.05, 0) is 52.2 Å². The molecule has 3 N–H and O–H groups in total. The van der Waals surface area contributed by atoms with Crippen molar-refractivity contribution in [3.8, 4) is 6.01 Å². The maximum atomic E-state index is 12.3. The summed E-state index contributed by atoms with van der Waals surface area (Å²) < 4.78 is 10.9. The molecule has 1 saturated heterocycles. The van der Waals surface area contributed by atoms with E-state index in [1.165, 1.54) is 5.56 Å². The van der Waals surface area contributed by atoms with Crippen molar-refractivity contribution in [3.63, 3.8) is 0 Å². The molecule has 1 fully saturated rings. The number of likely N-dealkylation sites (tertiary alicyclic amines) is 1. The van der Waals surface area contributed by atoms with Crippen LogP contribution in [-0.2, 0) is 11.3 Å². The minimum absolute atomic E-state index is 0.236. The Hall–Kier alpha value is -3.03. The van der Waals surface area contributed by atoms with Crippen LogP contribution in [-0.4, -0.2) is 46.3 Å². The van der Waals surface area contributed by atoms with E-state index in [1.54, 1.807) is 4.90 Å². The number of aryl methyl sites for hydroxylation is 1. The molecular formula is C23H33N5O3. The van der Waals surface area contributed by atoms with Crippen LogP contribution >= 0.6 is 0 Å². The third-order valence-electron chi connectivity index (χ3n) is 5.14. The lowest BCUT2D eigenvalue weighted by Crippen LogP contribution is -2.35. The van der Waals surface area contributed by atoms with Gasteiger partial charge in [0.05, 0.1) is 18.0 Å². The lowest BCUT2D eigenvalue weighted by atomic mass is 9.97. The number of ether oxygens (including phenoxy) is 2. The van der Waals surface area contributed by atoms with E-state index in [1.807, 2.05) is 34.6 Å². The van der Waals surface area contributed by atoms with E-state index in [9.17, 15) is 4.79 Å². The molecule has 0 radical (unpaired) electrons. The Morgan fingerprint density at radius 3 is 2.61 bits per heavy atom. The van der Waals surface area contributed by atoms with Gasteiger partial charge in [-0.3, -0.25) is 0 Å². The molecule has 2 heterocycles. The Balaban J connectivity index is 1.58. The molecule has 1 aliphatic heterocycles. The second-order valence-corrected chi connectivity index (χ2v) is 8.79. The third-order valence-corrected chi connectivity index (χ3v) is 5.14. The zero-order chi connectivity index (χ0) is 22.6. The van der Waals surface area contributed by atoms with Crippen LogP contribution in [0.25, 0.3) is 0 Å². The van der Waals surface area contributed by atoms with Crippen molar-refractivity contribution in [2.24, 2.45) is 0 Å². The van der Waals surface area contributed by atoms with Crippen molar-refractivity contribution in [2.45, 2.75) is 59.1 Å². The lowest BCUT2D eigenvalue weighted by Gasteiger charge is -2.24. The molecule has 0 aliphatic carbocycles. The molecule has 1 atom stereocenters. The van der Waals surface area contributed by atoms with Crippen molar-refractivity contribution in [3.05, 3.63) is 41.1 Å². The average molecular weight is 428 g/mol. The molecule has 1 aliphatic rings. The maximum Gasteiger partial charge on any atom is 0.410 e. The molecule has 1 amide bonds. The molecule has 31 heavy (non-hydrogen) atoms. The van der Waals surface area contributed by atoms with E-state index >= 15 is 0 Å². The molecule has 0 spiro atoms. The number of carbonyl (C=O) groups excluding carboxylic acids is 1. The van der Waals surface area contributed by atoms with Crippen molar-refractivity contribution >= 4 is 17.6 Å². The summed E-state index contributed by atoms with van der Waals surface area (Å²) in [5, 5.41) is 3.28. The van der Waals surface area contributed by atoms with Crippen molar-refractivity contribution < 1.29 is 14.3 Å². The Bertz CT molecular complexity index is 909. The first kappa shape index (κ1) is 22.7. The number of hydrogen-bond donors (Lipinski definition) is 2. The summed E-state index contributed by atoms with van der Waals surface area (Å²) in [6.07, 6.45) is 0.702. The van der Waals surface area contributed by atoms with Gasteiger partial charge >= 0.3 is 12.1 Å². The van der Waals surface area contributed by atoms with Gasteiger partial charge in [0.1, 0.15) is 5.60 Å². The molecule has 1 aromatic carbocycles. The second kappa shape index (κ2) is 9.41. The summed E-state index contributed by atoms with van der Waals surface area (Å²) in [5.74, 6) is 0.896. The highest BCUT2D eigenvalue weighted by Crippen LogP contribution is 2.29. The van der Waals surface area contributed by atoms with Gasteiger partial charge in [-0.25, -0.2) is 4.79 Å². The number of anilines is 2. The predicted octanol–water partition coefficient (Wildman–Crippen LogP) is 4.10. The fraction of sp³-hybridized carbons (Fsp3) is 0.522. The summed E-state index contributed by atoms with van der Waals surface area (Å²) >= 11 is 0. The van der Waals surface area contributed by atoms with Gasteiger partial charge in [0.25, 0.3) is 0 Å². The molecule has 1 aromatic heterocycles. The average Bonchev–Trinajstić information content (AvgIpc) is 3.19. The van der Waals surface area contributed by atoms with Gasteiger partial charge in [-0.1, -0.05) is 24.3 Å². The number of benzene rings is 1. The number of nitrogens with zero attached hydrogens (tertiary/aromatic N) is 3. The van der Waals surface area contributed by atoms with Gasteiger partial charge in [0.2, 0.25) is 0 Å². The first-order valence-corrected chi connectivity index (χ1v) is 10.7. The van der Waals surface area contributed by atoms with Crippen LogP contribution in [0.15, 0.2) is 24.3 Å². The van der Waals surface area contributed by atoms with Gasteiger partial charge in [0.15, 0.2) is 5.82 Å². The predicted molar refractivity (Wildman–Crippen MR) is 121 cm³/mol. The van der Waals surface area contributed by atoms with Crippen molar-refractivity contribution in [2.75, 3.05) is 30.7 Å². The second-order valence-electron chi connectivity index (χ2n) is 8.79. The third kappa shape index (κ3) is 5.99. The van der Waals surface area contributed by atoms with Crippen LogP contribution < -0.4 is 15.8 Å². The molecule has 2 aromatic rings. The van der Waals surface area contributed by atoms with Crippen LogP contribution in [0.3, 0.4) is 0 Å². The Labute approximate surface area is 184 Å². The van der Waals surface area contributed by atoms with Gasteiger partial charge in [0, 0.05) is 25.6 Å². The number of nitrogen functional groups attached to an aromatic ring is 1. The van der Waals surface area contributed by atoms with E-state index in [-0.39, 0.29) is 6.09 Å². The minimum Gasteiger partial charge on any atom is -0.464 e. The highest BCUT2D eigenvalue weighted by atomic mass is 16.6. The van der Waals surface area contributed by atoms with E-state index in [0.29, 0.717) is 48.8 Å². The highest BCUT2D eigenvalue weighted by molar-refractivity contribution is 5.68. The zero-order valence-corrected chi connectivity index (χ0v) is 19.1. The molecule has 8 nitrogen and oxygen atoms in total. The quantitative estimate of drug-likeness (QED) is 0.715. The fourth-order valence-electron chi connectivity index (χ4n) is 3.50. The van der Waals surface area contributed by atoms with Gasteiger partial charge in [-0.2, -0.15) is 9.97 Å². The van der Waals surface area contributed by atoms with Crippen LogP contribution in [0.1, 0.15) is 56.9 Å². The summed E-state index contributed by atoms with van der Waals surface area (Å²) in [4.78, 5) is 22.7. The lowest BCUT2D eigenvalue weighted by molar-refractivity contribution is 0.0292. The van der Waals surface area contributed by atoms with Gasteiger partial charge < -0.3 is 25.4 Å². The monoisotopic (exact) mass is 427 g/mol. The highest BCUT2D eigenvalue weighted by Gasteiger charge is 2.30. The normalized spacial score (nSPS) is 16.3. The molecule has 0 saturated carbocycles. The number of hydrogen-bond acceptors (Lipinski definition) is 7. The number of aromatic nitrogens is 2. The molecule has 3 rings (SSSR count). The van der Waals surface area contributed by atoms with Crippen LogP contribution in [0, 0.1) is 6.92 Å². The topological polar surface area (TPSA) is 103 Å². The summed E-state index contributed by atoms with van der Waals surface area (Å²) in [6, 6.07) is 8.75. The number of nitrogens with two attached hydrogens (primary N) is 1. The van der Waals surface area contributed by atoms with Crippen molar-refractivity contribution in [1.82, 2.24) is 14.9 Å². The molecule has 168 valence electrons. The molecule has 1 unspecified atom stereocenters. The summed E-state index contributed by atoms with van der Waals surface area (Å²) in [6.45, 7) is 11.9. The van der Waals surface area contributed by atoms with E-state index < -0.39 is 5.60 Å². The fourth-order valence-corrected chi connectivity index (χ4v) is 3.50.